The molecule has 92 valence electrons. The maximum atomic E-state index is 8.72. The molecule has 2 rings (SSSR count). The van der Waals surface area contributed by atoms with Gasteiger partial charge in [-0.1, -0.05) is 0 Å². The summed E-state index contributed by atoms with van der Waals surface area (Å²) in [5.74, 6) is 0. The molecule has 1 aromatic rings. The monoisotopic (exact) mass is 249 g/mol. The molecule has 0 aromatic carbocycles. The van der Waals surface area contributed by atoms with Crippen LogP contribution in [0, 0.1) is 11.3 Å². The highest BCUT2D eigenvalue weighted by Gasteiger charge is 2.09. The minimum Gasteiger partial charge on any atom is -0.312 e. The Morgan fingerprint density at radius 2 is 2.18 bits per heavy atom. The summed E-state index contributed by atoms with van der Waals surface area (Å²) >= 11 is 1.58. The van der Waals surface area contributed by atoms with Gasteiger partial charge in [-0.2, -0.15) is 5.26 Å². The average Bonchev–Trinajstić information content (AvgIpc) is 2.99. The van der Waals surface area contributed by atoms with Crippen LogP contribution in [0.4, 0.5) is 0 Å². The van der Waals surface area contributed by atoms with E-state index in [1.165, 1.54) is 43.8 Å². The van der Waals surface area contributed by atoms with Gasteiger partial charge in [-0.3, -0.25) is 0 Å². The topological polar surface area (TPSA) is 39.1 Å². The van der Waals surface area contributed by atoms with Crippen molar-refractivity contribution in [1.82, 2.24) is 10.2 Å². The van der Waals surface area contributed by atoms with Crippen molar-refractivity contribution in [3.8, 4) is 6.07 Å². The molecule has 2 heterocycles. The van der Waals surface area contributed by atoms with Crippen LogP contribution in [0.15, 0.2) is 12.1 Å². The van der Waals surface area contributed by atoms with E-state index in [-0.39, 0.29) is 0 Å². The lowest BCUT2D eigenvalue weighted by Gasteiger charge is -2.13. The molecule has 1 fully saturated rings. The van der Waals surface area contributed by atoms with E-state index in [0.29, 0.717) is 0 Å². The van der Waals surface area contributed by atoms with E-state index in [9.17, 15) is 0 Å². The van der Waals surface area contributed by atoms with Crippen LogP contribution in [-0.2, 0) is 6.54 Å². The molecule has 1 aliphatic rings. The van der Waals surface area contributed by atoms with Gasteiger partial charge in [0.2, 0.25) is 0 Å². The van der Waals surface area contributed by atoms with Crippen LogP contribution in [0.25, 0.3) is 0 Å². The van der Waals surface area contributed by atoms with Gasteiger partial charge in [0, 0.05) is 11.4 Å². The molecule has 1 N–H and O–H groups in total. The fourth-order valence-electron chi connectivity index (χ4n) is 2.18. The molecule has 0 amide bonds. The number of thiophene rings is 1. The first-order valence-electron chi connectivity index (χ1n) is 6.30. The molecule has 3 nitrogen and oxygen atoms in total. The lowest BCUT2D eigenvalue weighted by atomic mass is 10.3. The number of nitriles is 1. The van der Waals surface area contributed by atoms with Gasteiger partial charge in [0.15, 0.2) is 0 Å². The number of rotatable bonds is 6. The number of nitrogens with one attached hydrogen (secondary N) is 1. The van der Waals surface area contributed by atoms with E-state index in [4.69, 9.17) is 5.26 Å². The van der Waals surface area contributed by atoms with Crippen molar-refractivity contribution in [2.45, 2.75) is 25.8 Å². The largest absolute Gasteiger partial charge is 0.312 e. The Morgan fingerprint density at radius 1 is 1.35 bits per heavy atom. The smallest absolute Gasteiger partial charge is 0.110 e. The Bertz CT molecular complexity index is 374. The second-order valence-electron chi connectivity index (χ2n) is 4.46. The zero-order chi connectivity index (χ0) is 11.9. The van der Waals surface area contributed by atoms with Gasteiger partial charge >= 0.3 is 0 Å². The Hall–Kier alpha value is -0.890. The van der Waals surface area contributed by atoms with Crippen molar-refractivity contribution < 1.29 is 0 Å². The summed E-state index contributed by atoms with van der Waals surface area (Å²) < 4.78 is 0. The van der Waals surface area contributed by atoms with Crippen molar-refractivity contribution in [3.63, 3.8) is 0 Å². The standard InChI is InChI=1S/C13H19N3S/c14-10-12-4-5-13(17-12)11-15-6-3-9-16-7-1-2-8-16/h4-5,15H,1-3,6-9,11H2. The van der Waals surface area contributed by atoms with E-state index >= 15 is 0 Å². The maximum Gasteiger partial charge on any atom is 0.110 e. The molecule has 0 radical (unpaired) electrons. The van der Waals surface area contributed by atoms with Crippen LogP contribution in [-0.4, -0.2) is 31.1 Å². The van der Waals surface area contributed by atoms with E-state index in [1.807, 2.05) is 12.1 Å². The lowest BCUT2D eigenvalue weighted by Crippen LogP contribution is -2.24. The van der Waals surface area contributed by atoms with Crippen molar-refractivity contribution in [1.29, 1.82) is 5.26 Å². The van der Waals surface area contributed by atoms with Crippen LogP contribution < -0.4 is 5.32 Å². The Morgan fingerprint density at radius 3 is 2.88 bits per heavy atom. The van der Waals surface area contributed by atoms with Gasteiger partial charge in [-0.25, -0.2) is 0 Å². The summed E-state index contributed by atoms with van der Waals surface area (Å²) in [6.07, 6.45) is 3.97. The molecule has 1 aliphatic heterocycles. The lowest BCUT2D eigenvalue weighted by molar-refractivity contribution is 0.331. The van der Waals surface area contributed by atoms with Crippen molar-refractivity contribution in [3.05, 3.63) is 21.9 Å². The second-order valence-corrected chi connectivity index (χ2v) is 5.63. The molecular formula is C13H19N3S. The van der Waals surface area contributed by atoms with Crippen LogP contribution in [0.5, 0.6) is 0 Å². The van der Waals surface area contributed by atoms with Gasteiger partial charge in [-0.05, 0) is 57.6 Å². The summed E-state index contributed by atoms with van der Waals surface area (Å²) in [7, 11) is 0. The number of nitrogens with zero attached hydrogens (tertiary/aromatic N) is 2. The minimum absolute atomic E-state index is 0.805. The van der Waals surface area contributed by atoms with E-state index in [0.717, 1.165) is 18.0 Å². The Kier molecular flexibility index (Phi) is 4.99. The molecule has 0 spiro atoms. The molecule has 17 heavy (non-hydrogen) atoms. The normalized spacial score (nSPS) is 16.2. The summed E-state index contributed by atoms with van der Waals surface area (Å²) in [5, 5.41) is 12.2. The highest BCUT2D eigenvalue weighted by molar-refractivity contribution is 7.12. The van der Waals surface area contributed by atoms with Crippen molar-refractivity contribution >= 4 is 11.3 Å². The number of hydrogen-bond acceptors (Lipinski definition) is 4. The summed E-state index contributed by atoms with van der Waals surface area (Å²) in [4.78, 5) is 4.60. The van der Waals surface area contributed by atoms with Crippen LogP contribution in [0.3, 0.4) is 0 Å². The minimum atomic E-state index is 0.805. The highest BCUT2D eigenvalue weighted by atomic mass is 32.1. The van der Waals surface area contributed by atoms with Gasteiger partial charge < -0.3 is 10.2 Å². The first-order valence-corrected chi connectivity index (χ1v) is 7.12. The van der Waals surface area contributed by atoms with Gasteiger partial charge in [0.05, 0.1) is 0 Å². The second kappa shape index (κ2) is 6.75. The summed E-state index contributed by atoms with van der Waals surface area (Å²) in [5.41, 5.74) is 0. The predicted octanol–water partition coefficient (Wildman–Crippen LogP) is 2.20. The number of hydrogen-bond donors (Lipinski definition) is 1. The summed E-state index contributed by atoms with van der Waals surface area (Å²) in [6, 6.07) is 6.10. The highest BCUT2D eigenvalue weighted by Crippen LogP contribution is 2.14. The zero-order valence-electron chi connectivity index (χ0n) is 10.1. The van der Waals surface area contributed by atoms with Gasteiger partial charge in [0.1, 0.15) is 10.9 Å². The molecule has 0 bridgehead atoms. The molecule has 4 heteroatoms. The molecule has 0 atom stereocenters. The van der Waals surface area contributed by atoms with E-state index < -0.39 is 0 Å². The average molecular weight is 249 g/mol. The molecule has 0 unspecified atom stereocenters. The first-order chi connectivity index (χ1) is 8.38. The molecule has 1 aromatic heterocycles. The first kappa shape index (κ1) is 12.6. The summed E-state index contributed by atoms with van der Waals surface area (Å²) in [6.45, 7) is 5.76. The van der Waals surface area contributed by atoms with Crippen LogP contribution >= 0.6 is 11.3 Å². The van der Waals surface area contributed by atoms with E-state index in [1.54, 1.807) is 11.3 Å². The van der Waals surface area contributed by atoms with Crippen molar-refractivity contribution in [2.24, 2.45) is 0 Å². The van der Waals surface area contributed by atoms with E-state index in [2.05, 4.69) is 16.3 Å². The van der Waals surface area contributed by atoms with Crippen molar-refractivity contribution in [2.75, 3.05) is 26.2 Å². The molecule has 1 saturated heterocycles. The number of likely N-dealkylation sites (tertiary alicyclic amines) is 1. The Balaban J connectivity index is 1.55. The molecular weight excluding hydrogens is 230 g/mol. The third kappa shape index (κ3) is 4.12. The van der Waals surface area contributed by atoms with Crippen LogP contribution in [0.1, 0.15) is 29.0 Å². The van der Waals surface area contributed by atoms with Gasteiger partial charge in [0.25, 0.3) is 0 Å². The third-order valence-corrected chi connectivity index (χ3v) is 4.09. The SMILES string of the molecule is N#Cc1ccc(CNCCCN2CCCC2)s1. The molecule has 0 aliphatic carbocycles. The maximum absolute atomic E-state index is 8.72. The predicted molar refractivity (Wildman–Crippen MR) is 71.0 cm³/mol. The molecule has 0 saturated carbocycles. The Labute approximate surface area is 107 Å². The third-order valence-electron chi connectivity index (χ3n) is 3.10. The fraction of sp³-hybridized carbons (Fsp3) is 0.615. The quantitative estimate of drug-likeness (QED) is 0.786. The van der Waals surface area contributed by atoms with Gasteiger partial charge in [-0.15, -0.1) is 11.3 Å². The fourth-order valence-corrected chi connectivity index (χ4v) is 2.95. The zero-order valence-corrected chi connectivity index (χ0v) is 10.9. The van der Waals surface area contributed by atoms with Crippen LogP contribution in [0.2, 0.25) is 0 Å².